The van der Waals surface area contributed by atoms with Crippen LogP contribution in [-0.4, -0.2) is 48.4 Å². The molecule has 120 valence electrons. The van der Waals surface area contributed by atoms with Crippen molar-refractivity contribution < 1.29 is 9.18 Å². The first-order valence-corrected chi connectivity index (χ1v) is 6.63. The molecule has 2 N–H and O–H groups in total. The smallest absolute Gasteiger partial charge is 0.236 e. The van der Waals surface area contributed by atoms with Gasteiger partial charge in [-0.15, -0.1) is 24.8 Å². The van der Waals surface area contributed by atoms with Crippen LogP contribution in [0.2, 0.25) is 0 Å². The first-order valence-electron chi connectivity index (χ1n) is 6.63. The topological polar surface area (TPSA) is 49.6 Å². The minimum Gasteiger partial charge on any atom is -0.340 e. The molecule has 1 amide bonds. The van der Waals surface area contributed by atoms with E-state index in [0.29, 0.717) is 0 Å². The van der Waals surface area contributed by atoms with Gasteiger partial charge in [0.15, 0.2) is 0 Å². The average molecular weight is 338 g/mol. The predicted octanol–water partition coefficient (Wildman–Crippen LogP) is 1.66. The molecule has 1 aliphatic rings. The fourth-order valence-corrected chi connectivity index (χ4v) is 2.36. The number of carbonyl (C=O) groups excluding carboxylic acids is 1. The quantitative estimate of drug-likeness (QED) is 0.912. The van der Waals surface area contributed by atoms with Gasteiger partial charge in [0, 0.05) is 32.7 Å². The Balaban J connectivity index is 0.00000200. The molecule has 1 aromatic carbocycles. The van der Waals surface area contributed by atoms with E-state index in [1.54, 1.807) is 0 Å². The number of hydrogen-bond donors (Lipinski definition) is 1. The van der Waals surface area contributed by atoms with Crippen molar-refractivity contribution in [2.75, 3.05) is 32.7 Å². The third-order valence-corrected chi connectivity index (χ3v) is 3.44. The molecule has 0 radical (unpaired) electrons. The number of rotatable bonds is 3. The van der Waals surface area contributed by atoms with Crippen molar-refractivity contribution >= 4 is 30.7 Å². The molecule has 0 atom stereocenters. The van der Waals surface area contributed by atoms with E-state index in [2.05, 4.69) is 4.90 Å². The maximum absolute atomic E-state index is 12.8. The molecular weight excluding hydrogens is 316 g/mol. The van der Waals surface area contributed by atoms with E-state index < -0.39 is 0 Å². The Kier molecular flexibility index (Phi) is 9.53. The molecule has 7 heteroatoms. The molecule has 1 saturated heterocycles. The molecule has 0 unspecified atom stereocenters. The van der Waals surface area contributed by atoms with Gasteiger partial charge in [0.1, 0.15) is 5.82 Å². The van der Waals surface area contributed by atoms with E-state index in [1.807, 2.05) is 17.0 Å². The fourth-order valence-electron chi connectivity index (χ4n) is 2.36. The van der Waals surface area contributed by atoms with Crippen LogP contribution in [-0.2, 0) is 11.3 Å². The number of halogens is 3. The summed E-state index contributed by atoms with van der Waals surface area (Å²) in [5, 5.41) is 0. The van der Waals surface area contributed by atoms with Crippen molar-refractivity contribution in [3.8, 4) is 0 Å². The maximum Gasteiger partial charge on any atom is 0.236 e. The molecule has 4 nitrogen and oxygen atoms in total. The molecule has 0 aliphatic carbocycles. The molecule has 1 aliphatic heterocycles. The van der Waals surface area contributed by atoms with Crippen molar-refractivity contribution in [3.63, 3.8) is 0 Å². The third kappa shape index (κ3) is 6.18. The lowest BCUT2D eigenvalue weighted by Gasteiger charge is -2.21. The van der Waals surface area contributed by atoms with Crippen LogP contribution in [0.3, 0.4) is 0 Å². The molecular formula is C14H22Cl2FN3O. The number of hydrogen-bond acceptors (Lipinski definition) is 3. The minimum absolute atomic E-state index is 0. The summed E-state index contributed by atoms with van der Waals surface area (Å²) in [5.74, 6) is -0.192. The summed E-state index contributed by atoms with van der Waals surface area (Å²) in [7, 11) is 0. The molecule has 0 bridgehead atoms. The van der Waals surface area contributed by atoms with Gasteiger partial charge in [-0.3, -0.25) is 9.69 Å². The lowest BCUT2D eigenvalue weighted by atomic mass is 10.2. The molecule has 1 fully saturated rings. The Labute approximate surface area is 137 Å². The van der Waals surface area contributed by atoms with Crippen molar-refractivity contribution in [3.05, 3.63) is 35.6 Å². The molecule has 21 heavy (non-hydrogen) atoms. The van der Waals surface area contributed by atoms with Crippen molar-refractivity contribution in [2.45, 2.75) is 13.0 Å². The largest absolute Gasteiger partial charge is 0.340 e. The molecule has 2 rings (SSSR count). The molecule has 1 heterocycles. The van der Waals surface area contributed by atoms with Gasteiger partial charge in [0.2, 0.25) is 5.91 Å². The lowest BCUT2D eigenvalue weighted by Crippen LogP contribution is -2.38. The Morgan fingerprint density at radius 3 is 2.38 bits per heavy atom. The average Bonchev–Trinajstić information content (AvgIpc) is 2.66. The molecule has 0 saturated carbocycles. The van der Waals surface area contributed by atoms with Crippen LogP contribution in [0.25, 0.3) is 0 Å². The summed E-state index contributed by atoms with van der Waals surface area (Å²) >= 11 is 0. The summed E-state index contributed by atoms with van der Waals surface area (Å²) in [6.07, 6.45) is 0.951. The van der Waals surface area contributed by atoms with Gasteiger partial charge in [0.05, 0.1) is 6.54 Å². The number of carbonyl (C=O) groups is 1. The second-order valence-corrected chi connectivity index (χ2v) is 4.84. The van der Waals surface area contributed by atoms with E-state index in [1.165, 1.54) is 12.1 Å². The zero-order chi connectivity index (χ0) is 13.7. The van der Waals surface area contributed by atoms with E-state index >= 15 is 0 Å². The Morgan fingerprint density at radius 1 is 1.10 bits per heavy atom. The van der Waals surface area contributed by atoms with Gasteiger partial charge in [-0.1, -0.05) is 12.1 Å². The Hall–Kier alpha value is -0.880. The summed E-state index contributed by atoms with van der Waals surface area (Å²) in [6, 6.07) is 6.58. The van der Waals surface area contributed by atoms with Crippen LogP contribution in [0.1, 0.15) is 12.0 Å². The Morgan fingerprint density at radius 2 is 1.76 bits per heavy atom. The third-order valence-electron chi connectivity index (χ3n) is 3.44. The van der Waals surface area contributed by atoms with Crippen molar-refractivity contribution in [1.82, 2.24) is 9.80 Å². The fraction of sp³-hybridized carbons (Fsp3) is 0.500. The van der Waals surface area contributed by atoms with Gasteiger partial charge in [-0.05, 0) is 24.1 Å². The second kappa shape index (κ2) is 9.95. The monoisotopic (exact) mass is 337 g/mol. The van der Waals surface area contributed by atoms with Crippen LogP contribution in [0.5, 0.6) is 0 Å². The van der Waals surface area contributed by atoms with Gasteiger partial charge in [0.25, 0.3) is 0 Å². The standard InChI is InChI=1S/C14H20FN3O.2ClH/c15-13-4-2-12(3-5-13)11-17-6-1-7-18(9-8-17)14(19)10-16;;/h2-5H,1,6-11,16H2;2*1H. The van der Waals surface area contributed by atoms with Gasteiger partial charge in [-0.2, -0.15) is 0 Å². The highest BCUT2D eigenvalue weighted by Crippen LogP contribution is 2.10. The first kappa shape index (κ1) is 20.1. The SMILES string of the molecule is Cl.Cl.NCC(=O)N1CCCN(Cc2ccc(F)cc2)CC1. The Bertz CT molecular complexity index is 431. The van der Waals surface area contributed by atoms with Crippen LogP contribution in [0, 0.1) is 5.82 Å². The molecule has 1 aromatic rings. The summed E-state index contributed by atoms with van der Waals surface area (Å²) < 4.78 is 12.8. The summed E-state index contributed by atoms with van der Waals surface area (Å²) in [6.45, 7) is 4.16. The van der Waals surface area contributed by atoms with Crippen LogP contribution >= 0.6 is 24.8 Å². The summed E-state index contributed by atoms with van der Waals surface area (Å²) in [4.78, 5) is 15.7. The number of nitrogens with two attached hydrogens (primary N) is 1. The highest BCUT2D eigenvalue weighted by Gasteiger charge is 2.17. The van der Waals surface area contributed by atoms with Crippen molar-refractivity contribution in [2.24, 2.45) is 5.73 Å². The van der Waals surface area contributed by atoms with E-state index in [4.69, 9.17) is 5.73 Å². The zero-order valence-corrected chi connectivity index (χ0v) is 13.5. The van der Waals surface area contributed by atoms with Gasteiger partial charge >= 0.3 is 0 Å². The normalized spacial score (nSPS) is 15.6. The van der Waals surface area contributed by atoms with Crippen LogP contribution in [0.4, 0.5) is 4.39 Å². The zero-order valence-electron chi connectivity index (χ0n) is 11.8. The van der Waals surface area contributed by atoms with Crippen molar-refractivity contribution in [1.29, 1.82) is 0 Å². The highest BCUT2D eigenvalue weighted by molar-refractivity contribution is 5.85. The van der Waals surface area contributed by atoms with Crippen LogP contribution < -0.4 is 5.73 Å². The van der Waals surface area contributed by atoms with E-state index in [0.717, 1.165) is 44.7 Å². The molecule has 0 spiro atoms. The predicted molar refractivity (Wildman–Crippen MR) is 86.4 cm³/mol. The van der Waals surface area contributed by atoms with E-state index in [9.17, 15) is 9.18 Å². The minimum atomic E-state index is -0.209. The lowest BCUT2D eigenvalue weighted by molar-refractivity contribution is -0.129. The molecule has 0 aromatic heterocycles. The summed E-state index contributed by atoms with van der Waals surface area (Å²) in [5.41, 5.74) is 6.48. The second-order valence-electron chi connectivity index (χ2n) is 4.84. The highest BCUT2D eigenvalue weighted by atomic mass is 35.5. The van der Waals surface area contributed by atoms with E-state index in [-0.39, 0.29) is 43.1 Å². The van der Waals surface area contributed by atoms with Crippen LogP contribution in [0.15, 0.2) is 24.3 Å². The van der Waals surface area contributed by atoms with Gasteiger partial charge < -0.3 is 10.6 Å². The maximum atomic E-state index is 12.8. The number of amides is 1. The van der Waals surface area contributed by atoms with Gasteiger partial charge in [-0.25, -0.2) is 4.39 Å². The number of benzene rings is 1. The first-order chi connectivity index (χ1) is 9.19. The number of nitrogens with zero attached hydrogens (tertiary/aromatic N) is 2.